The maximum atomic E-state index is 13.1. The van der Waals surface area contributed by atoms with Gasteiger partial charge < -0.3 is 24.7 Å². The summed E-state index contributed by atoms with van der Waals surface area (Å²) in [5, 5.41) is 13.3. The summed E-state index contributed by atoms with van der Waals surface area (Å²) in [5.74, 6) is -2.34. The van der Waals surface area contributed by atoms with Crippen molar-refractivity contribution < 1.29 is 33.8 Å². The fraction of sp³-hybridized carbons (Fsp3) is 0.304. The molecule has 0 radical (unpaired) electrons. The monoisotopic (exact) mass is 439 g/mol. The molecule has 0 spiro atoms. The van der Waals surface area contributed by atoms with E-state index in [9.17, 15) is 24.3 Å². The fourth-order valence-electron chi connectivity index (χ4n) is 3.55. The number of aliphatic carboxylic acids is 1. The standard InChI is InChI=1S/C23H24N2O7/c1-4-32-19-11-14(9-10-18(19)31-3)17(12-20(26)24-13(2)23(29)30)25-21(27)15-7-5-6-8-16(15)22(25)28/h5-11,13,17H,4,12H2,1-3H3,(H,24,26)(H,29,30)/p-1. The third-order valence-corrected chi connectivity index (χ3v) is 5.12. The second kappa shape index (κ2) is 9.51. The molecule has 2 aromatic carbocycles. The summed E-state index contributed by atoms with van der Waals surface area (Å²) in [4.78, 5) is 50.8. The predicted molar refractivity (Wildman–Crippen MR) is 111 cm³/mol. The number of benzene rings is 2. The van der Waals surface area contributed by atoms with Gasteiger partial charge in [-0.25, -0.2) is 0 Å². The van der Waals surface area contributed by atoms with E-state index in [0.717, 1.165) is 4.90 Å². The van der Waals surface area contributed by atoms with Crippen molar-refractivity contribution in [1.82, 2.24) is 10.2 Å². The van der Waals surface area contributed by atoms with Gasteiger partial charge in [-0.2, -0.15) is 0 Å². The number of rotatable bonds is 9. The molecule has 0 saturated carbocycles. The van der Waals surface area contributed by atoms with Gasteiger partial charge in [0, 0.05) is 0 Å². The number of imide groups is 1. The van der Waals surface area contributed by atoms with E-state index in [1.165, 1.54) is 14.0 Å². The molecule has 1 N–H and O–H groups in total. The fourth-order valence-corrected chi connectivity index (χ4v) is 3.55. The SMILES string of the molecule is CCOc1cc(C(CC(=O)NC(C)C(=O)[O-])N2C(=O)c3ccccc3C2=O)ccc1OC. The Kier molecular flexibility index (Phi) is 6.77. The zero-order valence-corrected chi connectivity index (χ0v) is 17.9. The number of carboxylic acid groups (broad SMARTS) is 1. The first-order valence-corrected chi connectivity index (χ1v) is 10.1. The maximum absolute atomic E-state index is 13.1. The van der Waals surface area contributed by atoms with Crippen LogP contribution in [0.3, 0.4) is 0 Å². The summed E-state index contributed by atoms with van der Waals surface area (Å²) in [5.41, 5.74) is 0.939. The van der Waals surface area contributed by atoms with Gasteiger partial charge in [0.2, 0.25) is 5.91 Å². The van der Waals surface area contributed by atoms with E-state index < -0.39 is 35.8 Å². The number of hydrogen-bond acceptors (Lipinski definition) is 7. The topological polar surface area (TPSA) is 125 Å². The van der Waals surface area contributed by atoms with E-state index in [1.54, 1.807) is 49.4 Å². The average Bonchev–Trinajstić information content (AvgIpc) is 3.02. The molecule has 2 unspecified atom stereocenters. The highest BCUT2D eigenvalue weighted by atomic mass is 16.5. The van der Waals surface area contributed by atoms with Crippen LogP contribution in [0.5, 0.6) is 11.5 Å². The molecule has 1 aliphatic heterocycles. The number of ether oxygens (including phenoxy) is 2. The summed E-state index contributed by atoms with van der Waals surface area (Å²) >= 11 is 0. The number of amides is 3. The van der Waals surface area contributed by atoms with Gasteiger partial charge in [-0.05, 0) is 43.7 Å². The zero-order valence-electron chi connectivity index (χ0n) is 17.9. The van der Waals surface area contributed by atoms with Gasteiger partial charge in [0.25, 0.3) is 11.8 Å². The Hall–Kier alpha value is -3.88. The normalized spacial score (nSPS) is 14.5. The van der Waals surface area contributed by atoms with E-state index >= 15 is 0 Å². The van der Waals surface area contributed by atoms with Crippen molar-refractivity contribution in [3.8, 4) is 11.5 Å². The van der Waals surface area contributed by atoms with Crippen molar-refractivity contribution in [3.63, 3.8) is 0 Å². The van der Waals surface area contributed by atoms with E-state index in [-0.39, 0.29) is 17.5 Å². The van der Waals surface area contributed by atoms with Gasteiger partial charge in [-0.15, -0.1) is 0 Å². The molecule has 0 aromatic heterocycles. The van der Waals surface area contributed by atoms with Crippen molar-refractivity contribution in [3.05, 3.63) is 59.2 Å². The molecular weight excluding hydrogens is 416 g/mol. The molecule has 168 valence electrons. The van der Waals surface area contributed by atoms with Crippen LogP contribution in [-0.2, 0) is 9.59 Å². The van der Waals surface area contributed by atoms with Crippen molar-refractivity contribution >= 4 is 23.7 Å². The van der Waals surface area contributed by atoms with E-state index in [1.807, 2.05) is 0 Å². The Balaban J connectivity index is 2.02. The molecule has 2 aromatic rings. The lowest BCUT2D eigenvalue weighted by Crippen LogP contribution is -2.47. The molecule has 0 bridgehead atoms. The smallest absolute Gasteiger partial charge is 0.262 e. The third kappa shape index (κ3) is 4.41. The second-order valence-electron chi connectivity index (χ2n) is 7.20. The van der Waals surface area contributed by atoms with Crippen LogP contribution >= 0.6 is 0 Å². The Morgan fingerprint density at radius 3 is 2.22 bits per heavy atom. The number of hydrogen-bond donors (Lipinski definition) is 1. The van der Waals surface area contributed by atoms with Crippen LogP contribution in [0.2, 0.25) is 0 Å². The number of carbonyl (C=O) groups excluding carboxylic acids is 4. The Labute approximate surface area is 184 Å². The van der Waals surface area contributed by atoms with E-state index in [4.69, 9.17) is 9.47 Å². The molecule has 9 nitrogen and oxygen atoms in total. The first kappa shape index (κ1) is 22.8. The highest BCUT2D eigenvalue weighted by Crippen LogP contribution is 2.37. The first-order valence-electron chi connectivity index (χ1n) is 10.1. The van der Waals surface area contributed by atoms with Crippen LogP contribution in [-0.4, -0.2) is 48.3 Å². The summed E-state index contributed by atoms with van der Waals surface area (Å²) < 4.78 is 10.9. The van der Waals surface area contributed by atoms with Gasteiger partial charge in [0.15, 0.2) is 11.5 Å². The molecule has 1 aliphatic rings. The summed E-state index contributed by atoms with van der Waals surface area (Å²) in [7, 11) is 1.48. The summed E-state index contributed by atoms with van der Waals surface area (Å²) in [6.07, 6.45) is -0.346. The minimum Gasteiger partial charge on any atom is -0.548 e. The first-order chi connectivity index (χ1) is 15.3. The molecule has 9 heteroatoms. The summed E-state index contributed by atoms with van der Waals surface area (Å²) in [6, 6.07) is 9.01. The van der Waals surface area contributed by atoms with Crippen LogP contribution in [0.1, 0.15) is 52.6 Å². The zero-order chi connectivity index (χ0) is 23.4. The number of nitrogens with zero attached hydrogens (tertiary/aromatic N) is 1. The molecule has 0 aliphatic carbocycles. The quantitative estimate of drug-likeness (QED) is 0.580. The van der Waals surface area contributed by atoms with Gasteiger partial charge in [0.1, 0.15) is 0 Å². The van der Waals surface area contributed by atoms with Gasteiger partial charge in [-0.3, -0.25) is 19.3 Å². The Morgan fingerprint density at radius 1 is 1.06 bits per heavy atom. The number of methoxy groups -OCH3 is 1. The third-order valence-electron chi connectivity index (χ3n) is 5.12. The van der Waals surface area contributed by atoms with Crippen LogP contribution in [0, 0.1) is 0 Å². The van der Waals surface area contributed by atoms with E-state index in [2.05, 4.69) is 5.32 Å². The van der Waals surface area contributed by atoms with Crippen molar-refractivity contribution in [1.29, 1.82) is 0 Å². The average molecular weight is 439 g/mol. The lowest BCUT2D eigenvalue weighted by molar-refractivity contribution is -0.307. The molecule has 32 heavy (non-hydrogen) atoms. The van der Waals surface area contributed by atoms with Crippen molar-refractivity contribution in [2.24, 2.45) is 0 Å². The van der Waals surface area contributed by atoms with E-state index in [0.29, 0.717) is 23.7 Å². The lowest BCUT2D eigenvalue weighted by Gasteiger charge is -2.27. The predicted octanol–water partition coefficient (Wildman–Crippen LogP) is 1.08. The second-order valence-corrected chi connectivity index (χ2v) is 7.20. The maximum Gasteiger partial charge on any atom is 0.262 e. The number of carboxylic acids is 1. The highest BCUT2D eigenvalue weighted by Gasteiger charge is 2.41. The van der Waals surface area contributed by atoms with Gasteiger partial charge in [0.05, 0.1) is 49.3 Å². The van der Waals surface area contributed by atoms with Crippen molar-refractivity contribution in [2.45, 2.75) is 32.4 Å². The Bertz CT molecular complexity index is 1030. The Morgan fingerprint density at radius 2 is 1.69 bits per heavy atom. The molecule has 2 atom stereocenters. The molecular formula is C23H23N2O7-. The number of carbonyl (C=O) groups is 4. The number of nitrogens with one attached hydrogen (secondary N) is 1. The molecule has 0 saturated heterocycles. The lowest BCUT2D eigenvalue weighted by atomic mass is 10.0. The van der Waals surface area contributed by atoms with Crippen LogP contribution < -0.4 is 19.9 Å². The number of fused-ring (bicyclic) bond motifs is 1. The van der Waals surface area contributed by atoms with Gasteiger partial charge in [-0.1, -0.05) is 18.2 Å². The summed E-state index contributed by atoms with van der Waals surface area (Å²) in [6.45, 7) is 3.41. The minimum absolute atomic E-state index is 0.240. The minimum atomic E-state index is -1.45. The molecule has 1 heterocycles. The van der Waals surface area contributed by atoms with Crippen molar-refractivity contribution in [2.75, 3.05) is 13.7 Å². The molecule has 3 amide bonds. The largest absolute Gasteiger partial charge is 0.548 e. The van der Waals surface area contributed by atoms with Crippen LogP contribution in [0.25, 0.3) is 0 Å². The van der Waals surface area contributed by atoms with Crippen LogP contribution in [0.4, 0.5) is 0 Å². The highest BCUT2D eigenvalue weighted by molar-refractivity contribution is 6.21. The molecule has 3 rings (SSSR count). The molecule has 0 fully saturated rings. The van der Waals surface area contributed by atoms with Gasteiger partial charge >= 0.3 is 0 Å². The van der Waals surface area contributed by atoms with Crippen LogP contribution in [0.15, 0.2) is 42.5 Å².